The molecule has 1 heterocycles. The molecule has 0 radical (unpaired) electrons. The Morgan fingerprint density at radius 2 is 1.41 bits per heavy atom. The van der Waals surface area contributed by atoms with Crippen molar-refractivity contribution >= 4 is 35.6 Å². The number of aromatic hydroxyl groups is 1. The Balaban J connectivity index is 2.15. The van der Waals surface area contributed by atoms with E-state index in [-0.39, 0.29) is 36.8 Å². The van der Waals surface area contributed by atoms with Gasteiger partial charge in [-0.05, 0) is 61.6 Å². The number of hydrogen-bond acceptors (Lipinski definition) is 8. The average Bonchev–Trinajstić information content (AvgIpc) is 3.42. The summed E-state index contributed by atoms with van der Waals surface area (Å²) in [6, 6.07) is 0.395. The molecule has 14 nitrogen and oxygen atoms in total. The standard InChI is InChI=1S/C30H45N5O9/c1-16(2)12-21(26(39)32-22(15-25(37)38)27(40)34-23(30(43)44)13-17(3)4)33-28(41)24-6-5-11-35(24)29(42)20(31)14-18-7-9-19(36)10-8-18/h7-10,16-17,20-24,36H,5-6,11-15,31H2,1-4H3,(H,32,39)(H,33,41)(H,34,40)(H,37,38)(H,43,44)/t20-,21-,22-,23-,24?/m0/s1. The molecule has 1 aliphatic rings. The van der Waals surface area contributed by atoms with E-state index in [0.717, 1.165) is 5.56 Å². The maximum Gasteiger partial charge on any atom is 0.326 e. The lowest BCUT2D eigenvalue weighted by molar-refractivity contribution is -0.144. The monoisotopic (exact) mass is 619 g/mol. The maximum absolute atomic E-state index is 13.4. The number of phenols is 1. The zero-order valence-corrected chi connectivity index (χ0v) is 25.6. The largest absolute Gasteiger partial charge is 0.508 e. The number of nitrogens with one attached hydrogen (secondary N) is 3. The van der Waals surface area contributed by atoms with Gasteiger partial charge in [0.25, 0.3) is 0 Å². The Morgan fingerprint density at radius 3 is 1.95 bits per heavy atom. The molecule has 1 unspecified atom stereocenters. The lowest BCUT2D eigenvalue weighted by atomic mass is 10.0. The van der Waals surface area contributed by atoms with Crippen molar-refractivity contribution in [2.75, 3.05) is 6.54 Å². The van der Waals surface area contributed by atoms with Crippen LogP contribution in [-0.4, -0.2) is 92.5 Å². The third-order valence-electron chi connectivity index (χ3n) is 7.22. The van der Waals surface area contributed by atoms with Gasteiger partial charge in [-0.3, -0.25) is 24.0 Å². The summed E-state index contributed by atoms with van der Waals surface area (Å²) in [5, 5.41) is 35.7. The number of amides is 4. The highest BCUT2D eigenvalue weighted by Crippen LogP contribution is 2.20. The Morgan fingerprint density at radius 1 is 0.864 bits per heavy atom. The van der Waals surface area contributed by atoms with E-state index in [4.69, 9.17) is 5.73 Å². The SMILES string of the molecule is CC(C)C[C@H](NC(=O)[C@H](CC(=O)O)NC(=O)[C@H](CC(C)C)NC(=O)C1CCCN1C(=O)[C@@H](N)Cc1ccc(O)cc1)C(=O)O. The second kappa shape index (κ2) is 16.6. The molecule has 1 saturated heterocycles. The van der Waals surface area contributed by atoms with E-state index in [0.29, 0.717) is 19.4 Å². The number of hydrogen-bond donors (Lipinski definition) is 7. The van der Waals surface area contributed by atoms with Crippen LogP contribution in [0.15, 0.2) is 24.3 Å². The molecule has 14 heteroatoms. The zero-order valence-electron chi connectivity index (χ0n) is 25.6. The molecule has 8 N–H and O–H groups in total. The molecule has 1 aromatic carbocycles. The number of carbonyl (C=O) groups is 6. The first-order valence-corrected chi connectivity index (χ1v) is 14.8. The van der Waals surface area contributed by atoms with E-state index < -0.39 is 72.2 Å². The van der Waals surface area contributed by atoms with Gasteiger partial charge in [-0.2, -0.15) is 0 Å². The molecule has 244 valence electrons. The van der Waals surface area contributed by atoms with Crippen LogP contribution in [0.1, 0.15) is 65.4 Å². The summed E-state index contributed by atoms with van der Waals surface area (Å²) in [6.45, 7) is 7.44. The van der Waals surface area contributed by atoms with Crippen LogP contribution in [-0.2, 0) is 35.2 Å². The van der Waals surface area contributed by atoms with Crippen LogP contribution >= 0.6 is 0 Å². The van der Waals surface area contributed by atoms with Crippen LogP contribution in [0.25, 0.3) is 0 Å². The van der Waals surface area contributed by atoms with Gasteiger partial charge in [-0.1, -0.05) is 39.8 Å². The summed E-state index contributed by atoms with van der Waals surface area (Å²) in [5.74, 6) is -5.61. The van der Waals surface area contributed by atoms with Gasteiger partial charge >= 0.3 is 11.9 Å². The van der Waals surface area contributed by atoms with Gasteiger partial charge in [0, 0.05) is 6.54 Å². The lowest BCUT2D eigenvalue weighted by Crippen LogP contribution is -2.58. The molecular weight excluding hydrogens is 574 g/mol. The predicted octanol–water partition coefficient (Wildman–Crippen LogP) is 0.359. The van der Waals surface area contributed by atoms with Crippen molar-refractivity contribution in [2.45, 2.75) is 96.4 Å². The highest BCUT2D eigenvalue weighted by atomic mass is 16.4. The highest BCUT2D eigenvalue weighted by Gasteiger charge is 2.38. The molecule has 44 heavy (non-hydrogen) atoms. The number of carboxylic acids is 2. The summed E-state index contributed by atoms with van der Waals surface area (Å²) in [6.07, 6.45) is 0.503. The molecule has 0 saturated carbocycles. The number of carboxylic acid groups (broad SMARTS) is 2. The number of aliphatic carboxylic acids is 2. The lowest BCUT2D eigenvalue weighted by Gasteiger charge is -2.29. The van der Waals surface area contributed by atoms with Crippen LogP contribution in [0, 0.1) is 11.8 Å². The van der Waals surface area contributed by atoms with Crippen molar-refractivity contribution in [1.29, 1.82) is 0 Å². The second-order valence-electron chi connectivity index (χ2n) is 12.0. The molecule has 2 rings (SSSR count). The number of carbonyl (C=O) groups excluding carboxylic acids is 4. The smallest absolute Gasteiger partial charge is 0.326 e. The van der Waals surface area contributed by atoms with E-state index in [9.17, 15) is 44.1 Å². The van der Waals surface area contributed by atoms with Crippen molar-refractivity contribution in [3.63, 3.8) is 0 Å². The van der Waals surface area contributed by atoms with Gasteiger partial charge in [-0.15, -0.1) is 0 Å². The molecule has 0 bridgehead atoms. The van der Waals surface area contributed by atoms with Gasteiger partial charge in [0.2, 0.25) is 23.6 Å². The molecule has 0 aromatic heterocycles. The Hall–Kier alpha value is -4.20. The minimum atomic E-state index is -1.59. The van der Waals surface area contributed by atoms with Crippen molar-refractivity contribution in [3.05, 3.63) is 29.8 Å². The summed E-state index contributed by atoms with van der Waals surface area (Å²) >= 11 is 0. The Kier molecular flexibility index (Phi) is 13.6. The molecule has 1 aromatic rings. The van der Waals surface area contributed by atoms with E-state index in [1.54, 1.807) is 26.0 Å². The fourth-order valence-electron chi connectivity index (χ4n) is 5.08. The molecular formula is C30H45N5O9. The third kappa shape index (κ3) is 11.1. The summed E-state index contributed by atoms with van der Waals surface area (Å²) in [4.78, 5) is 77.4. The van der Waals surface area contributed by atoms with E-state index in [1.807, 2.05) is 13.8 Å². The summed E-state index contributed by atoms with van der Waals surface area (Å²) < 4.78 is 0. The second-order valence-corrected chi connectivity index (χ2v) is 12.0. The fraction of sp³-hybridized carbons (Fsp3) is 0.600. The minimum Gasteiger partial charge on any atom is -0.508 e. The van der Waals surface area contributed by atoms with Gasteiger partial charge in [0.1, 0.15) is 29.9 Å². The van der Waals surface area contributed by atoms with Crippen LogP contribution in [0.3, 0.4) is 0 Å². The quantitative estimate of drug-likeness (QED) is 0.134. The summed E-state index contributed by atoms with van der Waals surface area (Å²) in [5.41, 5.74) is 6.91. The molecule has 1 fully saturated rings. The van der Waals surface area contributed by atoms with Crippen LogP contribution in [0.5, 0.6) is 5.75 Å². The number of likely N-dealkylation sites (tertiary alicyclic amines) is 1. The first kappa shape index (κ1) is 36.0. The van der Waals surface area contributed by atoms with E-state index >= 15 is 0 Å². The summed E-state index contributed by atoms with van der Waals surface area (Å²) in [7, 11) is 0. The van der Waals surface area contributed by atoms with Crippen molar-refractivity contribution in [2.24, 2.45) is 17.6 Å². The van der Waals surface area contributed by atoms with E-state index in [1.165, 1.54) is 17.0 Å². The average molecular weight is 620 g/mol. The Bertz CT molecular complexity index is 1190. The normalized spacial score (nSPS) is 17.4. The molecule has 4 amide bonds. The molecule has 0 spiro atoms. The number of benzene rings is 1. The predicted molar refractivity (Wildman–Crippen MR) is 159 cm³/mol. The number of nitrogens with zero attached hydrogens (tertiary/aromatic N) is 1. The minimum absolute atomic E-state index is 0.0791. The van der Waals surface area contributed by atoms with Crippen molar-refractivity contribution < 1.29 is 44.1 Å². The zero-order chi connectivity index (χ0) is 33.1. The Labute approximate surface area is 256 Å². The van der Waals surface area contributed by atoms with Gasteiger partial charge in [-0.25, -0.2) is 4.79 Å². The van der Waals surface area contributed by atoms with Crippen LogP contribution < -0.4 is 21.7 Å². The van der Waals surface area contributed by atoms with Crippen molar-refractivity contribution in [3.8, 4) is 5.75 Å². The van der Waals surface area contributed by atoms with Gasteiger partial charge in [0.05, 0.1) is 12.5 Å². The van der Waals surface area contributed by atoms with Gasteiger partial charge in [0.15, 0.2) is 0 Å². The number of rotatable bonds is 16. The molecule has 1 aliphatic heterocycles. The number of nitrogens with two attached hydrogens (primary N) is 1. The van der Waals surface area contributed by atoms with Crippen LogP contribution in [0.2, 0.25) is 0 Å². The third-order valence-corrected chi connectivity index (χ3v) is 7.22. The van der Waals surface area contributed by atoms with Crippen LogP contribution in [0.4, 0.5) is 0 Å². The van der Waals surface area contributed by atoms with Gasteiger partial charge < -0.3 is 41.9 Å². The maximum atomic E-state index is 13.4. The van der Waals surface area contributed by atoms with E-state index in [2.05, 4.69) is 16.0 Å². The molecule has 5 atom stereocenters. The number of phenolic OH excluding ortho intramolecular Hbond substituents is 1. The topological polar surface area (TPSA) is 228 Å². The molecule has 0 aliphatic carbocycles. The first-order valence-electron chi connectivity index (χ1n) is 14.8. The van der Waals surface area contributed by atoms with Crippen molar-refractivity contribution in [1.82, 2.24) is 20.9 Å². The fourth-order valence-corrected chi connectivity index (χ4v) is 5.08. The first-order chi connectivity index (χ1) is 20.6. The highest BCUT2D eigenvalue weighted by molar-refractivity contribution is 5.96.